The standard InChI is InChI=1S/C14H22N2/c15-14-6-2-1-5-13(14)8-7-12-4-3-10-16-11-9-12/h1-2,5-6,12,16H,3-4,7-11,15H2. The van der Waals surface area contributed by atoms with Gasteiger partial charge in [0.2, 0.25) is 0 Å². The van der Waals surface area contributed by atoms with Crippen LogP contribution in [-0.2, 0) is 6.42 Å². The number of aryl methyl sites for hydroxylation is 1. The van der Waals surface area contributed by atoms with Gasteiger partial charge in [-0.05, 0) is 62.7 Å². The predicted molar refractivity (Wildman–Crippen MR) is 69.4 cm³/mol. The molecule has 0 saturated carbocycles. The Bertz CT molecular complexity index is 314. The van der Waals surface area contributed by atoms with Gasteiger partial charge in [-0.15, -0.1) is 0 Å². The Kier molecular flexibility index (Phi) is 4.23. The zero-order valence-electron chi connectivity index (χ0n) is 9.91. The van der Waals surface area contributed by atoms with Gasteiger partial charge in [0.25, 0.3) is 0 Å². The molecule has 3 N–H and O–H groups in total. The Morgan fingerprint density at radius 2 is 2.06 bits per heavy atom. The van der Waals surface area contributed by atoms with Gasteiger partial charge in [0.1, 0.15) is 0 Å². The van der Waals surface area contributed by atoms with Gasteiger partial charge in [0, 0.05) is 5.69 Å². The lowest BCUT2D eigenvalue weighted by Gasteiger charge is -2.14. The van der Waals surface area contributed by atoms with Crippen LogP contribution in [0.1, 0.15) is 31.2 Å². The fourth-order valence-electron chi connectivity index (χ4n) is 2.50. The molecule has 0 radical (unpaired) electrons. The van der Waals surface area contributed by atoms with E-state index in [0.29, 0.717) is 0 Å². The van der Waals surface area contributed by atoms with Crippen LogP contribution in [0.4, 0.5) is 5.69 Å². The monoisotopic (exact) mass is 218 g/mol. The van der Waals surface area contributed by atoms with Gasteiger partial charge in [0.15, 0.2) is 0 Å². The molecule has 1 unspecified atom stereocenters. The fraction of sp³-hybridized carbons (Fsp3) is 0.571. The Morgan fingerprint density at radius 1 is 1.19 bits per heavy atom. The lowest BCUT2D eigenvalue weighted by atomic mass is 9.93. The van der Waals surface area contributed by atoms with Gasteiger partial charge in [-0.3, -0.25) is 0 Å². The van der Waals surface area contributed by atoms with Crippen LogP contribution in [0.15, 0.2) is 24.3 Å². The first-order chi connectivity index (χ1) is 7.86. The molecule has 1 saturated heterocycles. The van der Waals surface area contributed by atoms with E-state index in [1.807, 2.05) is 12.1 Å². The van der Waals surface area contributed by atoms with Crippen molar-refractivity contribution in [3.63, 3.8) is 0 Å². The van der Waals surface area contributed by atoms with Gasteiger partial charge >= 0.3 is 0 Å². The highest BCUT2D eigenvalue weighted by atomic mass is 14.8. The highest BCUT2D eigenvalue weighted by molar-refractivity contribution is 5.46. The summed E-state index contributed by atoms with van der Waals surface area (Å²) in [5.74, 6) is 0.884. The van der Waals surface area contributed by atoms with E-state index in [-0.39, 0.29) is 0 Å². The summed E-state index contributed by atoms with van der Waals surface area (Å²) in [4.78, 5) is 0. The van der Waals surface area contributed by atoms with Crippen molar-refractivity contribution >= 4 is 5.69 Å². The SMILES string of the molecule is Nc1ccccc1CCC1CCCNCC1. The summed E-state index contributed by atoms with van der Waals surface area (Å²) in [6, 6.07) is 8.25. The Labute approximate surface area is 98.2 Å². The average molecular weight is 218 g/mol. The molecule has 1 aromatic carbocycles. The van der Waals surface area contributed by atoms with Gasteiger partial charge in [-0.2, -0.15) is 0 Å². The van der Waals surface area contributed by atoms with E-state index in [1.165, 1.54) is 44.3 Å². The number of hydrogen-bond donors (Lipinski definition) is 2. The summed E-state index contributed by atoms with van der Waals surface area (Å²) in [7, 11) is 0. The molecular weight excluding hydrogens is 196 g/mol. The van der Waals surface area contributed by atoms with Crippen molar-refractivity contribution in [2.45, 2.75) is 32.1 Å². The van der Waals surface area contributed by atoms with E-state index < -0.39 is 0 Å². The van der Waals surface area contributed by atoms with E-state index >= 15 is 0 Å². The third-order valence-electron chi connectivity index (χ3n) is 3.57. The molecular formula is C14H22N2. The molecule has 2 nitrogen and oxygen atoms in total. The maximum atomic E-state index is 5.95. The molecule has 2 rings (SSSR count). The van der Waals surface area contributed by atoms with Crippen LogP contribution < -0.4 is 11.1 Å². The Balaban J connectivity index is 1.84. The zero-order valence-corrected chi connectivity index (χ0v) is 9.91. The first kappa shape index (κ1) is 11.5. The van der Waals surface area contributed by atoms with Gasteiger partial charge in [-0.1, -0.05) is 18.2 Å². The molecule has 0 spiro atoms. The lowest BCUT2D eigenvalue weighted by Crippen LogP contribution is -2.14. The normalized spacial score (nSPS) is 21.6. The number of nitrogens with one attached hydrogen (secondary N) is 1. The van der Waals surface area contributed by atoms with E-state index in [9.17, 15) is 0 Å². The fourth-order valence-corrected chi connectivity index (χ4v) is 2.50. The summed E-state index contributed by atoms with van der Waals surface area (Å²) < 4.78 is 0. The third-order valence-corrected chi connectivity index (χ3v) is 3.57. The minimum Gasteiger partial charge on any atom is -0.399 e. The zero-order chi connectivity index (χ0) is 11.2. The second-order valence-corrected chi connectivity index (χ2v) is 4.78. The van der Waals surface area contributed by atoms with Gasteiger partial charge in [0.05, 0.1) is 0 Å². The van der Waals surface area contributed by atoms with Crippen LogP contribution in [0.3, 0.4) is 0 Å². The van der Waals surface area contributed by atoms with Crippen LogP contribution >= 0.6 is 0 Å². The number of anilines is 1. The maximum Gasteiger partial charge on any atom is 0.0346 e. The summed E-state index contributed by atoms with van der Waals surface area (Å²) in [6.07, 6.45) is 6.45. The van der Waals surface area contributed by atoms with Crippen molar-refractivity contribution < 1.29 is 0 Å². The third kappa shape index (κ3) is 3.24. The van der Waals surface area contributed by atoms with Crippen LogP contribution in [0, 0.1) is 5.92 Å². The number of nitrogens with two attached hydrogens (primary N) is 1. The minimum absolute atomic E-state index is 0.884. The van der Waals surface area contributed by atoms with Crippen molar-refractivity contribution in [2.24, 2.45) is 5.92 Å². The van der Waals surface area contributed by atoms with Gasteiger partial charge < -0.3 is 11.1 Å². The van der Waals surface area contributed by atoms with Crippen molar-refractivity contribution in [3.8, 4) is 0 Å². The number of benzene rings is 1. The summed E-state index contributed by atoms with van der Waals surface area (Å²) in [6.45, 7) is 2.39. The molecule has 1 fully saturated rings. The molecule has 0 aromatic heterocycles. The molecule has 1 aromatic rings. The highest BCUT2D eigenvalue weighted by Gasteiger charge is 2.12. The van der Waals surface area contributed by atoms with Crippen LogP contribution in [0.25, 0.3) is 0 Å². The second kappa shape index (κ2) is 5.90. The quantitative estimate of drug-likeness (QED) is 0.765. The Hall–Kier alpha value is -1.02. The summed E-state index contributed by atoms with van der Waals surface area (Å²) >= 11 is 0. The molecule has 0 aliphatic carbocycles. The number of rotatable bonds is 3. The molecule has 1 aliphatic heterocycles. The minimum atomic E-state index is 0.884. The molecule has 1 heterocycles. The van der Waals surface area contributed by atoms with Crippen molar-refractivity contribution in [1.82, 2.24) is 5.32 Å². The largest absolute Gasteiger partial charge is 0.399 e. The first-order valence-corrected chi connectivity index (χ1v) is 6.40. The maximum absolute atomic E-state index is 5.95. The van der Waals surface area contributed by atoms with E-state index in [4.69, 9.17) is 5.73 Å². The second-order valence-electron chi connectivity index (χ2n) is 4.78. The average Bonchev–Trinajstić information content (AvgIpc) is 2.56. The van der Waals surface area contributed by atoms with Crippen LogP contribution in [0.5, 0.6) is 0 Å². The smallest absolute Gasteiger partial charge is 0.0346 e. The van der Waals surface area contributed by atoms with Crippen molar-refractivity contribution in [2.75, 3.05) is 18.8 Å². The molecule has 16 heavy (non-hydrogen) atoms. The van der Waals surface area contributed by atoms with Crippen LogP contribution in [-0.4, -0.2) is 13.1 Å². The summed E-state index contributed by atoms with van der Waals surface area (Å²) in [5, 5.41) is 3.46. The number of hydrogen-bond acceptors (Lipinski definition) is 2. The molecule has 1 aliphatic rings. The lowest BCUT2D eigenvalue weighted by molar-refractivity contribution is 0.439. The molecule has 88 valence electrons. The van der Waals surface area contributed by atoms with E-state index in [0.717, 1.165) is 18.0 Å². The molecule has 0 bridgehead atoms. The predicted octanol–water partition coefficient (Wildman–Crippen LogP) is 2.59. The topological polar surface area (TPSA) is 38.0 Å². The molecule has 1 atom stereocenters. The van der Waals surface area contributed by atoms with Crippen LogP contribution in [0.2, 0.25) is 0 Å². The molecule has 2 heteroatoms. The Morgan fingerprint density at radius 3 is 2.94 bits per heavy atom. The van der Waals surface area contributed by atoms with Crippen molar-refractivity contribution in [1.29, 1.82) is 0 Å². The van der Waals surface area contributed by atoms with E-state index in [1.54, 1.807) is 0 Å². The summed E-state index contributed by atoms with van der Waals surface area (Å²) in [5.41, 5.74) is 8.23. The van der Waals surface area contributed by atoms with E-state index in [2.05, 4.69) is 17.4 Å². The highest BCUT2D eigenvalue weighted by Crippen LogP contribution is 2.21. The first-order valence-electron chi connectivity index (χ1n) is 6.40. The van der Waals surface area contributed by atoms with Gasteiger partial charge in [-0.25, -0.2) is 0 Å². The number of nitrogen functional groups attached to an aromatic ring is 1. The van der Waals surface area contributed by atoms with Crippen molar-refractivity contribution in [3.05, 3.63) is 29.8 Å². The number of para-hydroxylation sites is 1. The molecule has 0 amide bonds.